The summed E-state index contributed by atoms with van der Waals surface area (Å²) in [6.07, 6.45) is 2.68. The second-order valence-corrected chi connectivity index (χ2v) is 7.64. The molecular formula is C16H30N4. The van der Waals surface area contributed by atoms with Gasteiger partial charge in [-0.15, -0.1) is 0 Å². The summed E-state index contributed by atoms with van der Waals surface area (Å²) in [5.41, 5.74) is 1.41. The summed E-state index contributed by atoms with van der Waals surface area (Å²) in [4.78, 5) is 8.78. The molecule has 1 aromatic heterocycles. The number of hydrogen-bond donors (Lipinski definition) is 2. The fourth-order valence-corrected chi connectivity index (χ4v) is 2.93. The van der Waals surface area contributed by atoms with Crippen molar-refractivity contribution in [3.63, 3.8) is 0 Å². The van der Waals surface area contributed by atoms with Crippen LogP contribution in [0.25, 0.3) is 0 Å². The molecule has 0 saturated carbocycles. The van der Waals surface area contributed by atoms with E-state index >= 15 is 0 Å². The molecule has 114 valence electrons. The van der Waals surface area contributed by atoms with Gasteiger partial charge in [-0.05, 0) is 31.6 Å². The molecule has 4 heteroatoms. The molecule has 0 fully saturated rings. The predicted molar refractivity (Wildman–Crippen MR) is 87.4 cm³/mol. The molecule has 1 heterocycles. The molecule has 0 radical (unpaired) electrons. The maximum Gasteiger partial charge on any atom is 0.135 e. The fraction of sp³-hybridized carbons (Fsp3) is 0.750. The summed E-state index contributed by atoms with van der Waals surface area (Å²) in [6.45, 7) is 15.6. The first-order valence-corrected chi connectivity index (χ1v) is 7.36. The van der Waals surface area contributed by atoms with Crippen molar-refractivity contribution in [3.8, 4) is 0 Å². The van der Waals surface area contributed by atoms with Crippen LogP contribution < -0.4 is 10.6 Å². The Morgan fingerprint density at radius 3 is 2.05 bits per heavy atom. The van der Waals surface area contributed by atoms with Crippen LogP contribution in [0.5, 0.6) is 0 Å². The van der Waals surface area contributed by atoms with Crippen molar-refractivity contribution in [3.05, 3.63) is 11.9 Å². The van der Waals surface area contributed by atoms with Crippen LogP contribution in [0.1, 0.15) is 66.4 Å². The molecule has 2 N–H and O–H groups in total. The third kappa shape index (κ3) is 4.66. The Morgan fingerprint density at radius 2 is 1.60 bits per heavy atom. The summed E-state index contributed by atoms with van der Waals surface area (Å²) in [5, 5.41) is 6.77. The Morgan fingerprint density at radius 1 is 1.05 bits per heavy atom. The van der Waals surface area contributed by atoms with Crippen molar-refractivity contribution in [2.75, 3.05) is 17.7 Å². The van der Waals surface area contributed by atoms with Gasteiger partial charge in [-0.2, -0.15) is 0 Å². The second-order valence-electron chi connectivity index (χ2n) is 7.64. The Kier molecular flexibility index (Phi) is 5.00. The standard InChI is InChI=1S/C16H30N4/c1-11(2)12-13(17-8)18-10-19-14(12)20-16(6,7)9-15(3,4)5/h10-11H,9H2,1-8H3,(H2,17,18,19,20). The molecule has 1 rings (SSSR count). The monoisotopic (exact) mass is 278 g/mol. The quantitative estimate of drug-likeness (QED) is 0.844. The van der Waals surface area contributed by atoms with Crippen molar-refractivity contribution >= 4 is 11.6 Å². The van der Waals surface area contributed by atoms with Gasteiger partial charge in [0.25, 0.3) is 0 Å². The van der Waals surface area contributed by atoms with Crippen LogP contribution in [0.3, 0.4) is 0 Å². The Bertz CT molecular complexity index is 444. The highest BCUT2D eigenvalue weighted by Gasteiger charge is 2.27. The third-order valence-corrected chi connectivity index (χ3v) is 3.13. The molecule has 0 spiro atoms. The lowest BCUT2D eigenvalue weighted by Gasteiger charge is -2.34. The molecule has 4 nitrogen and oxygen atoms in total. The van der Waals surface area contributed by atoms with Crippen molar-refractivity contribution in [2.45, 2.75) is 66.3 Å². The van der Waals surface area contributed by atoms with Crippen LogP contribution in [0.4, 0.5) is 11.6 Å². The predicted octanol–water partition coefficient (Wildman–Crippen LogP) is 4.27. The minimum absolute atomic E-state index is 0.0126. The Labute approximate surface area is 123 Å². The average Bonchev–Trinajstić information content (AvgIpc) is 2.23. The van der Waals surface area contributed by atoms with Gasteiger partial charge >= 0.3 is 0 Å². The van der Waals surface area contributed by atoms with E-state index in [-0.39, 0.29) is 11.0 Å². The molecule has 20 heavy (non-hydrogen) atoms. The molecule has 0 unspecified atom stereocenters. The molecule has 0 bridgehead atoms. The van der Waals surface area contributed by atoms with E-state index in [0.717, 1.165) is 23.6 Å². The number of hydrogen-bond acceptors (Lipinski definition) is 4. The van der Waals surface area contributed by atoms with E-state index in [1.54, 1.807) is 6.33 Å². The van der Waals surface area contributed by atoms with Crippen LogP contribution in [-0.4, -0.2) is 22.6 Å². The molecule has 0 amide bonds. The molecule has 0 atom stereocenters. The molecule has 0 aromatic carbocycles. The minimum atomic E-state index is -0.0126. The molecule has 0 aliphatic heterocycles. The summed E-state index contributed by atoms with van der Waals surface area (Å²) in [6, 6.07) is 0. The van der Waals surface area contributed by atoms with E-state index < -0.39 is 0 Å². The van der Waals surface area contributed by atoms with Crippen molar-refractivity contribution in [2.24, 2.45) is 5.41 Å². The molecule has 0 aliphatic rings. The minimum Gasteiger partial charge on any atom is -0.373 e. The van der Waals surface area contributed by atoms with Gasteiger partial charge in [0, 0.05) is 18.2 Å². The Hall–Kier alpha value is -1.32. The van der Waals surface area contributed by atoms with E-state index in [0.29, 0.717) is 5.92 Å². The Balaban J connectivity index is 3.09. The maximum atomic E-state index is 4.46. The third-order valence-electron chi connectivity index (χ3n) is 3.13. The van der Waals surface area contributed by atoms with E-state index in [2.05, 4.69) is 69.1 Å². The largest absolute Gasteiger partial charge is 0.373 e. The first-order valence-electron chi connectivity index (χ1n) is 7.36. The number of anilines is 2. The molecular weight excluding hydrogens is 248 g/mol. The zero-order chi connectivity index (χ0) is 15.6. The van der Waals surface area contributed by atoms with Crippen LogP contribution in [-0.2, 0) is 0 Å². The van der Waals surface area contributed by atoms with Gasteiger partial charge in [-0.25, -0.2) is 9.97 Å². The molecule has 0 aliphatic carbocycles. The number of rotatable bonds is 5. The number of aromatic nitrogens is 2. The van der Waals surface area contributed by atoms with Crippen LogP contribution in [0.2, 0.25) is 0 Å². The van der Waals surface area contributed by atoms with E-state index in [1.807, 2.05) is 7.05 Å². The van der Waals surface area contributed by atoms with Crippen molar-refractivity contribution < 1.29 is 0 Å². The van der Waals surface area contributed by atoms with Gasteiger partial charge in [0.15, 0.2) is 0 Å². The lowest BCUT2D eigenvalue weighted by molar-refractivity contribution is 0.302. The zero-order valence-electron chi connectivity index (χ0n) is 14.3. The highest BCUT2D eigenvalue weighted by Crippen LogP contribution is 2.33. The smallest absolute Gasteiger partial charge is 0.135 e. The fourth-order valence-electron chi connectivity index (χ4n) is 2.93. The van der Waals surface area contributed by atoms with E-state index in [1.165, 1.54) is 0 Å². The van der Waals surface area contributed by atoms with Crippen LogP contribution in [0, 0.1) is 5.41 Å². The average molecular weight is 278 g/mol. The normalized spacial score (nSPS) is 12.7. The second kappa shape index (κ2) is 5.98. The molecule has 0 saturated heterocycles. The molecule has 1 aromatic rings. The zero-order valence-corrected chi connectivity index (χ0v) is 14.3. The first-order chi connectivity index (χ1) is 9.06. The van der Waals surface area contributed by atoms with Gasteiger partial charge in [0.2, 0.25) is 0 Å². The van der Waals surface area contributed by atoms with Gasteiger partial charge in [-0.1, -0.05) is 34.6 Å². The van der Waals surface area contributed by atoms with E-state index in [4.69, 9.17) is 0 Å². The summed E-state index contributed by atoms with van der Waals surface area (Å²) < 4.78 is 0. The van der Waals surface area contributed by atoms with Crippen molar-refractivity contribution in [1.82, 2.24) is 9.97 Å². The van der Waals surface area contributed by atoms with Crippen LogP contribution >= 0.6 is 0 Å². The van der Waals surface area contributed by atoms with Gasteiger partial charge < -0.3 is 10.6 Å². The summed E-state index contributed by atoms with van der Waals surface area (Å²) in [7, 11) is 1.90. The van der Waals surface area contributed by atoms with Gasteiger partial charge in [0.1, 0.15) is 18.0 Å². The number of nitrogens with zero attached hydrogens (tertiary/aromatic N) is 2. The number of nitrogens with one attached hydrogen (secondary N) is 2. The highest BCUT2D eigenvalue weighted by atomic mass is 15.1. The van der Waals surface area contributed by atoms with Gasteiger partial charge in [0.05, 0.1) is 0 Å². The first kappa shape index (κ1) is 16.7. The maximum absolute atomic E-state index is 4.46. The summed E-state index contributed by atoms with van der Waals surface area (Å²) >= 11 is 0. The highest BCUT2D eigenvalue weighted by molar-refractivity contribution is 5.59. The SMILES string of the molecule is CNc1ncnc(NC(C)(C)CC(C)(C)C)c1C(C)C. The lowest BCUT2D eigenvalue weighted by Crippen LogP contribution is -2.36. The topological polar surface area (TPSA) is 49.8 Å². The van der Waals surface area contributed by atoms with Gasteiger partial charge in [-0.3, -0.25) is 0 Å². The lowest BCUT2D eigenvalue weighted by atomic mass is 9.81. The van der Waals surface area contributed by atoms with Crippen LogP contribution in [0.15, 0.2) is 6.33 Å². The summed E-state index contributed by atoms with van der Waals surface area (Å²) in [5.74, 6) is 2.21. The van der Waals surface area contributed by atoms with E-state index in [9.17, 15) is 0 Å². The van der Waals surface area contributed by atoms with Crippen molar-refractivity contribution in [1.29, 1.82) is 0 Å².